The van der Waals surface area contributed by atoms with Crippen LogP contribution in [0, 0.1) is 0 Å². The second-order valence-corrected chi connectivity index (χ2v) is 12.9. The molecule has 0 spiro atoms. The Hall–Kier alpha value is -3.67. The van der Waals surface area contributed by atoms with Crippen LogP contribution in [0.15, 0.2) is 45.6 Å². The quantitative estimate of drug-likeness (QED) is 0.113. The van der Waals surface area contributed by atoms with Crippen molar-refractivity contribution in [3.8, 4) is 34.3 Å². The fraction of sp³-hybridized carbons (Fsp3) is 0.545. The Labute approximate surface area is 293 Å². The molecule has 6 rings (SSSR count). The number of ether oxygens (including phenoxy) is 6. The molecular formula is C33H40O19. The molecule has 0 saturated carbocycles. The molecule has 19 heteroatoms. The summed E-state index contributed by atoms with van der Waals surface area (Å²) in [5.41, 5.74) is -1.15. The molecule has 15 atom stereocenters. The highest BCUT2D eigenvalue weighted by Crippen LogP contribution is 2.38. The average Bonchev–Trinajstić information content (AvgIpc) is 3.10. The minimum Gasteiger partial charge on any atom is -0.508 e. The first-order valence-electron chi connectivity index (χ1n) is 16.2. The third-order valence-corrected chi connectivity index (χ3v) is 9.26. The number of rotatable bonds is 8. The van der Waals surface area contributed by atoms with Crippen LogP contribution in [0.1, 0.15) is 13.8 Å². The molecule has 3 aliphatic heterocycles. The lowest BCUT2D eigenvalue weighted by Crippen LogP contribution is -2.65. The van der Waals surface area contributed by atoms with Gasteiger partial charge in [-0.05, 0) is 38.1 Å². The van der Waals surface area contributed by atoms with E-state index in [2.05, 4.69) is 0 Å². The fourth-order valence-electron chi connectivity index (χ4n) is 6.20. The van der Waals surface area contributed by atoms with Gasteiger partial charge in [0.05, 0.1) is 18.8 Å². The summed E-state index contributed by atoms with van der Waals surface area (Å²) in [7, 11) is 0. The van der Waals surface area contributed by atoms with Crippen LogP contribution in [0.4, 0.5) is 0 Å². The normalized spacial score (nSPS) is 38.3. The van der Waals surface area contributed by atoms with Crippen LogP contribution < -0.4 is 10.2 Å². The van der Waals surface area contributed by atoms with Gasteiger partial charge in [0, 0.05) is 17.7 Å². The summed E-state index contributed by atoms with van der Waals surface area (Å²) < 4.78 is 40.3. The van der Waals surface area contributed by atoms with Gasteiger partial charge in [0.1, 0.15) is 83.2 Å². The first-order chi connectivity index (χ1) is 24.6. The van der Waals surface area contributed by atoms with Crippen LogP contribution in [-0.2, 0) is 23.7 Å². The second kappa shape index (κ2) is 15.0. The Kier molecular flexibility index (Phi) is 11.0. The fourth-order valence-corrected chi connectivity index (χ4v) is 6.20. The van der Waals surface area contributed by atoms with Crippen LogP contribution in [0.5, 0.6) is 23.0 Å². The number of fused-ring (bicyclic) bond motifs is 1. The zero-order chi connectivity index (χ0) is 37.8. The van der Waals surface area contributed by atoms with Gasteiger partial charge in [0.2, 0.25) is 17.5 Å². The average molecular weight is 741 g/mol. The largest absolute Gasteiger partial charge is 0.508 e. The van der Waals surface area contributed by atoms with Gasteiger partial charge in [-0.1, -0.05) is 0 Å². The van der Waals surface area contributed by atoms with E-state index < -0.39 is 127 Å². The van der Waals surface area contributed by atoms with Gasteiger partial charge in [0.25, 0.3) is 0 Å². The van der Waals surface area contributed by atoms with Gasteiger partial charge < -0.3 is 89.0 Å². The number of aliphatic hydroxyl groups is 8. The number of aromatic hydroxyl groups is 3. The predicted molar refractivity (Wildman–Crippen MR) is 170 cm³/mol. The maximum atomic E-state index is 14.0. The van der Waals surface area contributed by atoms with Crippen molar-refractivity contribution in [1.82, 2.24) is 0 Å². The number of phenols is 3. The number of benzene rings is 2. The van der Waals surface area contributed by atoms with E-state index >= 15 is 0 Å². The molecule has 3 saturated heterocycles. The molecule has 0 unspecified atom stereocenters. The van der Waals surface area contributed by atoms with Gasteiger partial charge in [-0.3, -0.25) is 4.79 Å². The number of hydrogen-bond donors (Lipinski definition) is 11. The van der Waals surface area contributed by atoms with Crippen LogP contribution in [0.25, 0.3) is 22.3 Å². The monoisotopic (exact) mass is 740 g/mol. The first-order valence-corrected chi connectivity index (χ1v) is 16.2. The summed E-state index contributed by atoms with van der Waals surface area (Å²) in [6, 6.07) is 7.16. The van der Waals surface area contributed by atoms with Gasteiger partial charge in [-0.25, -0.2) is 0 Å². The smallest absolute Gasteiger partial charge is 0.239 e. The van der Waals surface area contributed by atoms with E-state index in [1.165, 1.54) is 38.1 Å². The molecule has 2 aromatic carbocycles. The van der Waals surface area contributed by atoms with Gasteiger partial charge in [-0.2, -0.15) is 0 Å². The Balaban J connectivity index is 1.38. The second-order valence-electron chi connectivity index (χ2n) is 12.9. The maximum absolute atomic E-state index is 14.0. The van der Waals surface area contributed by atoms with Crippen molar-refractivity contribution in [2.45, 2.75) is 106 Å². The third kappa shape index (κ3) is 7.16. The molecule has 4 heterocycles. The summed E-state index contributed by atoms with van der Waals surface area (Å²) in [6.45, 7) is 2.12. The summed E-state index contributed by atoms with van der Waals surface area (Å²) in [5, 5.41) is 115. The molecule has 0 amide bonds. The standard InChI is InChI=1S/C33H40O19/c1-10-19(37)23(41)26(44)31(47-10)46-9-17-21(39)25(43)30(52-32-27(45)24(42)20(38)11(2)48-32)33(50-17)51-29-22(40)18-15(36)7-14(35)8-16(18)49-28(29)12-3-5-13(34)6-4-12/h3-8,10-11,17,19-21,23-27,30-39,41-45H,9H2,1-2H3/t10-,11-,17-,19-,20-,21+,23+,24+,25+,26+,27+,30-,31+,32-,33+/m1/s1. The Morgan fingerprint density at radius 2 is 1.25 bits per heavy atom. The van der Waals surface area contributed by atoms with Gasteiger partial charge in [-0.15, -0.1) is 0 Å². The summed E-state index contributed by atoms with van der Waals surface area (Å²) in [5.74, 6) is -2.27. The third-order valence-electron chi connectivity index (χ3n) is 9.26. The zero-order valence-electron chi connectivity index (χ0n) is 27.5. The minimum absolute atomic E-state index is 0.138. The topological polar surface area (TPSA) is 308 Å². The number of phenolic OH excluding ortho intramolecular Hbond substituents is 3. The molecule has 19 nitrogen and oxygen atoms in total. The summed E-state index contributed by atoms with van der Waals surface area (Å²) in [6.07, 6.45) is -24.7. The minimum atomic E-state index is -2.00. The van der Waals surface area contributed by atoms with Crippen molar-refractivity contribution in [3.05, 3.63) is 46.6 Å². The van der Waals surface area contributed by atoms with Gasteiger partial charge >= 0.3 is 0 Å². The maximum Gasteiger partial charge on any atom is 0.239 e. The molecule has 286 valence electrons. The van der Waals surface area contributed by atoms with Crippen LogP contribution in [0.3, 0.4) is 0 Å². The van der Waals surface area contributed by atoms with Crippen LogP contribution >= 0.6 is 0 Å². The number of hydrogen-bond acceptors (Lipinski definition) is 19. The molecule has 3 fully saturated rings. The SMILES string of the molecule is C[C@H]1O[C@H](OC[C@H]2O[C@@H](Oc3c(-c4ccc(O)cc4)oc4cc(O)cc(O)c4c3=O)[C@H](O[C@H]3O[C@H](C)[C@@H](O)[C@H](O)[C@@H]3O)[C@@H](O)[C@H]2O)[C@@H](O)[C@@H](O)[C@@H]1O. The van der Waals surface area contributed by atoms with E-state index in [9.17, 15) is 61.0 Å². The summed E-state index contributed by atoms with van der Waals surface area (Å²) >= 11 is 0. The van der Waals surface area contributed by atoms with Crippen LogP contribution in [0.2, 0.25) is 0 Å². The lowest BCUT2D eigenvalue weighted by molar-refractivity contribution is -0.360. The molecule has 11 N–H and O–H groups in total. The van der Waals surface area contributed by atoms with E-state index in [0.717, 1.165) is 12.1 Å². The highest BCUT2D eigenvalue weighted by molar-refractivity contribution is 5.88. The van der Waals surface area contributed by atoms with E-state index in [-0.39, 0.29) is 22.7 Å². The lowest BCUT2D eigenvalue weighted by atomic mass is 9.97. The van der Waals surface area contributed by atoms with Crippen LogP contribution in [-0.4, -0.2) is 155 Å². The van der Waals surface area contributed by atoms with Crippen molar-refractivity contribution < 1.29 is 89.0 Å². The summed E-state index contributed by atoms with van der Waals surface area (Å²) in [4.78, 5) is 14.0. The van der Waals surface area contributed by atoms with E-state index in [0.29, 0.717) is 0 Å². The van der Waals surface area contributed by atoms with Crippen molar-refractivity contribution in [2.75, 3.05) is 6.61 Å². The lowest BCUT2D eigenvalue weighted by Gasteiger charge is -2.46. The highest BCUT2D eigenvalue weighted by Gasteiger charge is 2.52. The Morgan fingerprint density at radius 1 is 0.654 bits per heavy atom. The molecule has 3 aromatic rings. The van der Waals surface area contributed by atoms with Crippen molar-refractivity contribution in [2.24, 2.45) is 0 Å². The van der Waals surface area contributed by atoms with Crippen molar-refractivity contribution in [3.63, 3.8) is 0 Å². The molecule has 0 bridgehead atoms. The van der Waals surface area contributed by atoms with Gasteiger partial charge in [0.15, 0.2) is 24.4 Å². The number of aliphatic hydroxyl groups excluding tert-OH is 8. The molecule has 1 aromatic heterocycles. The molecular weight excluding hydrogens is 700 g/mol. The first kappa shape index (κ1) is 38.1. The molecule has 3 aliphatic rings. The zero-order valence-corrected chi connectivity index (χ0v) is 27.5. The van der Waals surface area contributed by atoms with Crippen molar-refractivity contribution in [1.29, 1.82) is 0 Å². The van der Waals surface area contributed by atoms with E-state index in [1.54, 1.807) is 0 Å². The van der Waals surface area contributed by atoms with E-state index in [1.807, 2.05) is 0 Å². The Morgan fingerprint density at radius 3 is 1.88 bits per heavy atom. The van der Waals surface area contributed by atoms with E-state index in [4.69, 9.17) is 32.8 Å². The van der Waals surface area contributed by atoms with Crippen molar-refractivity contribution >= 4 is 11.0 Å². The Bertz CT molecular complexity index is 1760. The molecule has 0 radical (unpaired) electrons. The molecule has 52 heavy (non-hydrogen) atoms. The highest BCUT2D eigenvalue weighted by atomic mass is 16.8. The predicted octanol–water partition coefficient (Wildman–Crippen LogP) is -2.54. The molecule has 0 aliphatic carbocycles.